The van der Waals surface area contributed by atoms with Gasteiger partial charge in [0.25, 0.3) is 0 Å². The van der Waals surface area contributed by atoms with Gasteiger partial charge in [0.05, 0.1) is 5.69 Å². The third kappa shape index (κ3) is 3.66. The number of benzene rings is 2. The van der Waals surface area contributed by atoms with E-state index in [4.69, 9.17) is 4.42 Å². The van der Waals surface area contributed by atoms with Crippen molar-refractivity contribution in [3.63, 3.8) is 0 Å². The topological polar surface area (TPSA) is 95.7 Å². The lowest BCUT2D eigenvalue weighted by molar-refractivity contribution is -0.138. The van der Waals surface area contributed by atoms with Gasteiger partial charge in [0.15, 0.2) is 17.5 Å². The van der Waals surface area contributed by atoms with Gasteiger partial charge in [-0.05, 0) is 17.7 Å². The van der Waals surface area contributed by atoms with Crippen LogP contribution in [0.4, 0.5) is 5.69 Å². The van der Waals surface area contributed by atoms with Crippen molar-refractivity contribution < 1.29 is 19.1 Å². The first kappa shape index (κ1) is 17.5. The zero-order valence-corrected chi connectivity index (χ0v) is 14.5. The predicted octanol–water partition coefficient (Wildman–Crippen LogP) is 2.69. The molecule has 0 saturated carbocycles. The monoisotopic (exact) mass is 353 g/mol. The number of carbonyl (C=O) groups excluding carboxylic acids is 1. The molecule has 7 heteroatoms. The SMILES string of the molecule is CC(=O)NN(c1cccc2oc(C)nc12)C(Cc1ccccc1)C(=O)O. The molecule has 1 aromatic heterocycles. The number of hydrogen-bond acceptors (Lipinski definition) is 5. The predicted molar refractivity (Wildman–Crippen MR) is 96.6 cm³/mol. The van der Waals surface area contributed by atoms with Crippen LogP contribution in [0, 0.1) is 6.92 Å². The Kier molecular flexibility index (Phi) is 4.88. The quantitative estimate of drug-likeness (QED) is 0.662. The second-order valence-electron chi connectivity index (χ2n) is 5.94. The van der Waals surface area contributed by atoms with E-state index in [0.29, 0.717) is 22.7 Å². The number of anilines is 1. The van der Waals surface area contributed by atoms with Crippen molar-refractivity contribution in [3.8, 4) is 0 Å². The van der Waals surface area contributed by atoms with Gasteiger partial charge in [-0.1, -0.05) is 36.4 Å². The average Bonchev–Trinajstić information content (AvgIpc) is 2.98. The molecule has 0 aliphatic carbocycles. The van der Waals surface area contributed by atoms with Gasteiger partial charge in [0, 0.05) is 20.3 Å². The zero-order chi connectivity index (χ0) is 18.7. The number of aromatic nitrogens is 1. The van der Waals surface area contributed by atoms with Crippen LogP contribution in [-0.2, 0) is 16.0 Å². The van der Waals surface area contributed by atoms with Gasteiger partial charge < -0.3 is 9.52 Å². The molecule has 0 aliphatic rings. The number of oxazole rings is 1. The summed E-state index contributed by atoms with van der Waals surface area (Å²) in [5.41, 5.74) is 4.97. The standard InChI is InChI=1S/C19H19N3O4/c1-12(23)21-22(15-9-6-10-17-18(15)20-13(2)26-17)16(19(24)25)11-14-7-4-3-5-8-14/h3-10,16H,11H2,1-2H3,(H,21,23)(H,24,25). The zero-order valence-electron chi connectivity index (χ0n) is 14.5. The van der Waals surface area contributed by atoms with Crippen LogP contribution in [0.3, 0.4) is 0 Å². The van der Waals surface area contributed by atoms with Crippen LogP contribution in [0.25, 0.3) is 11.1 Å². The maximum Gasteiger partial charge on any atom is 0.328 e. The highest BCUT2D eigenvalue weighted by molar-refractivity contribution is 5.91. The number of carbonyl (C=O) groups is 2. The number of carboxylic acid groups (broad SMARTS) is 1. The van der Waals surface area contributed by atoms with Crippen LogP contribution in [0.2, 0.25) is 0 Å². The molecule has 3 aromatic rings. The average molecular weight is 353 g/mol. The highest BCUT2D eigenvalue weighted by Crippen LogP contribution is 2.28. The molecule has 2 N–H and O–H groups in total. The van der Waals surface area contributed by atoms with Crippen molar-refractivity contribution in [1.29, 1.82) is 0 Å². The number of nitrogens with one attached hydrogen (secondary N) is 1. The number of rotatable bonds is 6. The Morgan fingerprint density at radius 2 is 1.92 bits per heavy atom. The molecule has 0 aliphatic heterocycles. The summed E-state index contributed by atoms with van der Waals surface area (Å²) in [6.45, 7) is 3.05. The van der Waals surface area contributed by atoms with E-state index in [1.54, 1.807) is 25.1 Å². The lowest BCUT2D eigenvalue weighted by atomic mass is 10.0. The Morgan fingerprint density at radius 1 is 1.19 bits per heavy atom. The fraction of sp³-hybridized carbons (Fsp3) is 0.211. The van der Waals surface area contributed by atoms with E-state index in [9.17, 15) is 14.7 Å². The van der Waals surface area contributed by atoms with E-state index in [0.717, 1.165) is 5.56 Å². The number of aryl methyl sites for hydroxylation is 1. The maximum atomic E-state index is 12.0. The number of amides is 1. The van der Waals surface area contributed by atoms with Gasteiger partial charge >= 0.3 is 5.97 Å². The molecule has 1 heterocycles. The minimum Gasteiger partial charge on any atom is -0.480 e. The van der Waals surface area contributed by atoms with Crippen molar-refractivity contribution in [3.05, 3.63) is 60.0 Å². The van der Waals surface area contributed by atoms with Gasteiger partial charge in [0.1, 0.15) is 5.52 Å². The summed E-state index contributed by atoms with van der Waals surface area (Å²) in [5.74, 6) is -0.966. The second-order valence-corrected chi connectivity index (χ2v) is 5.94. The van der Waals surface area contributed by atoms with E-state index in [1.807, 2.05) is 30.3 Å². The van der Waals surface area contributed by atoms with Gasteiger partial charge in [-0.25, -0.2) is 9.78 Å². The number of hydrazine groups is 1. The lowest BCUT2D eigenvalue weighted by Crippen LogP contribution is -2.52. The first-order chi connectivity index (χ1) is 12.5. The van der Waals surface area contributed by atoms with Crippen LogP contribution in [0.1, 0.15) is 18.4 Å². The summed E-state index contributed by atoms with van der Waals surface area (Å²) in [6, 6.07) is 13.4. The van der Waals surface area contributed by atoms with E-state index >= 15 is 0 Å². The van der Waals surface area contributed by atoms with Crippen LogP contribution in [-0.4, -0.2) is 28.0 Å². The first-order valence-electron chi connectivity index (χ1n) is 8.15. The number of nitrogens with zero attached hydrogens (tertiary/aromatic N) is 2. The van der Waals surface area contributed by atoms with Crippen molar-refractivity contribution in [1.82, 2.24) is 10.4 Å². The maximum absolute atomic E-state index is 12.0. The summed E-state index contributed by atoms with van der Waals surface area (Å²) in [6.07, 6.45) is 0.212. The Hall–Kier alpha value is -3.35. The molecule has 7 nitrogen and oxygen atoms in total. The molecule has 0 spiro atoms. The summed E-state index contributed by atoms with van der Waals surface area (Å²) < 4.78 is 5.52. The molecule has 26 heavy (non-hydrogen) atoms. The van der Waals surface area contributed by atoms with E-state index in [-0.39, 0.29) is 12.3 Å². The minimum absolute atomic E-state index is 0.212. The highest BCUT2D eigenvalue weighted by atomic mass is 16.4. The van der Waals surface area contributed by atoms with Crippen LogP contribution in [0.15, 0.2) is 52.9 Å². The van der Waals surface area contributed by atoms with Gasteiger partial charge in [-0.15, -0.1) is 0 Å². The van der Waals surface area contributed by atoms with E-state index in [1.165, 1.54) is 11.9 Å². The normalized spacial score (nSPS) is 11.9. The van der Waals surface area contributed by atoms with Crippen molar-refractivity contribution in [2.45, 2.75) is 26.3 Å². The number of fused-ring (bicyclic) bond motifs is 1. The van der Waals surface area contributed by atoms with Crippen molar-refractivity contribution >= 4 is 28.7 Å². The van der Waals surface area contributed by atoms with Crippen LogP contribution in [0.5, 0.6) is 0 Å². The van der Waals surface area contributed by atoms with Gasteiger partial charge in [0.2, 0.25) is 5.91 Å². The molecular weight excluding hydrogens is 334 g/mol. The molecular formula is C19H19N3O4. The van der Waals surface area contributed by atoms with E-state index in [2.05, 4.69) is 10.4 Å². The summed E-state index contributed by atoms with van der Waals surface area (Å²) >= 11 is 0. The summed E-state index contributed by atoms with van der Waals surface area (Å²) in [7, 11) is 0. The third-order valence-electron chi connectivity index (χ3n) is 3.91. The molecule has 1 atom stereocenters. The van der Waals surface area contributed by atoms with Crippen LogP contribution < -0.4 is 10.4 Å². The Bertz CT molecular complexity index is 936. The van der Waals surface area contributed by atoms with Crippen LogP contribution >= 0.6 is 0 Å². The fourth-order valence-corrected chi connectivity index (χ4v) is 2.84. The van der Waals surface area contributed by atoms with E-state index < -0.39 is 12.0 Å². The fourth-order valence-electron chi connectivity index (χ4n) is 2.84. The molecule has 0 bridgehead atoms. The molecule has 3 rings (SSSR count). The van der Waals surface area contributed by atoms with Gasteiger partial charge in [-0.3, -0.25) is 15.2 Å². The minimum atomic E-state index is -1.06. The number of para-hydroxylation sites is 1. The number of carboxylic acids is 1. The molecule has 2 aromatic carbocycles. The molecule has 134 valence electrons. The Labute approximate surface area is 150 Å². The van der Waals surface area contributed by atoms with Crippen molar-refractivity contribution in [2.75, 3.05) is 5.01 Å². The van der Waals surface area contributed by atoms with Crippen molar-refractivity contribution in [2.24, 2.45) is 0 Å². The molecule has 1 amide bonds. The molecule has 0 radical (unpaired) electrons. The second kappa shape index (κ2) is 7.26. The highest BCUT2D eigenvalue weighted by Gasteiger charge is 2.29. The molecule has 0 fully saturated rings. The number of hydrogen-bond donors (Lipinski definition) is 2. The smallest absolute Gasteiger partial charge is 0.328 e. The largest absolute Gasteiger partial charge is 0.480 e. The molecule has 0 saturated heterocycles. The first-order valence-corrected chi connectivity index (χ1v) is 8.15. The summed E-state index contributed by atoms with van der Waals surface area (Å²) in [5, 5.41) is 11.2. The van der Waals surface area contributed by atoms with Gasteiger partial charge in [-0.2, -0.15) is 0 Å². The Morgan fingerprint density at radius 3 is 2.58 bits per heavy atom. The third-order valence-corrected chi connectivity index (χ3v) is 3.91. The Balaban J connectivity index is 2.07. The summed E-state index contributed by atoms with van der Waals surface area (Å²) in [4.78, 5) is 28.1. The lowest BCUT2D eigenvalue weighted by Gasteiger charge is -2.30. The number of aliphatic carboxylic acids is 1. The molecule has 1 unspecified atom stereocenters.